The van der Waals surface area contributed by atoms with Crippen molar-refractivity contribution in [2.24, 2.45) is 22.2 Å². The van der Waals surface area contributed by atoms with Crippen LogP contribution in [-0.4, -0.2) is 16.9 Å². The SMILES string of the molecule is CC12CC3CC1(C)CC(C(=O)O)(C2)C3=O. The molecule has 4 fully saturated rings. The Morgan fingerprint density at radius 3 is 2.13 bits per heavy atom. The fourth-order valence-electron chi connectivity index (χ4n) is 4.63. The summed E-state index contributed by atoms with van der Waals surface area (Å²) in [6.45, 7) is 4.34. The minimum atomic E-state index is -1.02. The van der Waals surface area contributed by atoms with E-state index in [1.807, 2.05) is 0 Å². The first-order valence-corrected chi connectivity index (χ1v) is 5.61. The third-order valence-electron chi connectivity index (χ3n) is 5.49. The van der Waals surface area contributed by atoms with Gasteiger partial charge in [0.25, 0.3) is 0 Å². The number of Topliss-reactive ketones (excluding diaryl/α,β-unsaturated/α-hetero) is 1. The first-order chi connectivity index (χ1) is 6.83. The van der Waals surface area contributed by atoms with Crippen LogP contribution in [-0.2, 0) is 9.59 Å². The van der Waals surface area contributed by atoms with Crippen LogP contribution in [0.25, 0.3) is 0 Å². The number of hydrogen-bond donors (Lipinski definition) is 1. The highest BCUT2D eigenvalue weighted by atomic mass is 16.4. The molecule has 0 aromatic rings. The van der Waals surface area contributed by atoms with E-state index in [1.54, 1.807) is 0 Å². The molecule has 4 aliphatic rings. The summed E-state index contributed by atoms with van der Waals surface area (Å²) in [6, 6.07) is 0. The van der Waals surface area contributed by atoms with Crippen molar-refractivity contribution in [3.8, 4) is 0 Å². The van der Waals surface area contributed by atoms with E-state index in [0.717, 1.165) is 12.8 Å². The summed E-state index contributed by atoms with van der Waals surface area (Å²) < 4.78 is 0. The van der Waals surface area contributed by atoms with Crippen molar-refractivity contribution in [3.05, 3.63) is 0 Å². The standard InChI is InChI=1S/C12H16O3/c1-10-3-7-4-11(10,2)6-12(5-10,8(7)13)9(14)15/h7H,3-6H2,1-2H3,(H,14,15). The van der Waals surface area contributed by atoms with Gasteiger partial charge in [0.2, 0.25) is 0 Å². The van der Waals surface area contributed by atoms with Gasteiger partial charge >= 0.3 is 5.97 Å². The summed E-state index contributed by atoms with van der Waals surface area (Å²) in [5.74, 6) is -0.840. The van der Waals surface area contributed by atoms with Crippen LogP contribution in [0, 0.1) is 22.2 Å². The summed E-state index contributed by atoms with van der Waals surface area (Å²) in [6.07, 6.45) is 2.97. The van der Waals surface area contributed by atoms with E-state index in [9.17, 15) is 14.7 Å². The van der Waals surface area contributed by atoms with Gasteiger partial charge in [0.15, 0.2) is 5.78 Å². The topological polar surface area (TPSA) is 54.4 Å². The summed E-state index contributed by atoms with van der Waals surface area (Å²) in [4.78, 5) is 23.5. The number of aliphatic carboxylic acids is 1. The maximum absolute atomic E-state index is 12.1. The number of hydrogen-bond acceptors (Lipinski definition) is 2. The fraction of sp³-hybridized carbons (Fsp3) is 0.833. The maximum Gasteiger partial charge on any atom is 0.317 e. The molecular formula is C12H16O3. The molecule has 15 heavy (non-hydrogen) atoms. The Hall–Kier alpha value is -0.860. The summed E-state index contributed by atoms with van der Waals surface area (Å²) in [5.41, 5.74) is -0.849. The lowest BCUT2D eigenvalue weighted by atomic mass is 9.66. The average molecular weight is 208 g/mol. The van der Waals surface area contributed by atoms with Crippen molar-refractivity contribution in [1.82, 2.24) is 0 Å². The second-order valence-corrected chi connectivity index (χ2v) is 6.33. The molecule has 0 radical (unpaired) electrons. The highest BCUT2D eigenvalue weighted by Crippen LogP contribution is 2.74. The molecule has 4 rings (SSSR count). The zero-order valence-electron chi connectivity index (χ0n) is 9.17. The minimum Gasteiger partial charge on any atom is -0.480 e. The van der Waals surface area contributed by atoms with Crippen LogP contribution < -0.4 is 0 Å². The Kier molecular flexibility index (Phi) is 1.33. The number of carbonyl (C=O) groups is 2. The number of ketones is 1. The zero-order valence-corrected chi connectivity index (χ0v) is 9.17. The Morgan fingerprint density at radius 1 is 1.27 bits per heavy atom. The Morgan fingerprint density at radius 2 is 1.73 bits per heavy atom. The predicted octanol–water partition coefficient (Wildman–Crippen LogP) is 1.86. The van der Waals surface area contributed by atoms with Gasteiger partial charge in [0.1, 0.15) is 5.41 Å². The third kappa shape index (κ3) is 0.766. The molecule has 0 aromatic heterocycles. The highest BCUT2D eigenvalue weighted by Gasteiger charge is 2.74. The number of rotatable bonds is 1. The molecule has 1 N–H and O–H groups in total. The van der Waals surface area contributed by atoms with Gasteiger partial charge in [-0.1, -0.05) is 13.8 Å². The minimum absolute atomic E-state index is 0.0162. The molecule has 0 aliphatic heterocycles. The number of carboxylic acid groups (broad SMARTS) is 1. The lowest BCUT2D eigenvalue weighted by Crippen LogP contribution is -2.46. The van der Waals surface area contributed by atoms with E-state index in [-0.39, 0.29) is 22.5 Å². The highest BCUT2D eigenvalue weighted by molar-refractivity contribution is 6.06. The molecule has 4 saturated carbocycles. The van der Waals surface area contributed by atoms with E-state index in [2.05, 4.69) is 13.8 Å². The molecule has 3 nitrogen and oxygen atoms in total. The van der Waals surface area contributed by atoms with Crippen molar-refractivity contribution in [2.45, 2.75) is 39.5 Å². The lowest BCUT2D eigenvalue weighted by Gasteiger charge is -2.34. The van der Waals surface area contributed by atoms with Crippen molar-refractivity contribution in [3.63, 3.8) is 0 Å². The van der Waals surface area contributed by atoms with Crippen molar-refractivity contribution < 1.29 is 14.7 Å². The Labute approximate surface area is 88.9 Å². The second kappa shape index (κ2) is 2.13. The van der Waals surface area contributed by atoms with Crippen molar-refractivity contribution >= 4 is 11.8 Å². The zero-order chi connectivity index (χ0) is 11.1. The quantitative estimate of drug-likeness (QED) is 0.669. The fourth-order valence-corrected chi connectivity index (χ4v) is 4.63. The number of carboxylic acids is 1. The monoisotopic (exact) mass is 208 g/mol. The average Bonchev–Trinajstić information content (AvgIpc) is 2.41. The van der Waals surface area contributed by atoms with Gasteiger partial charge in [-0.2, -0.15) is 0 Å². The summed E-state index contributed by atoms with van der Waals surface area (Å²) >= 11 is 0. The Bertz CT molecular complexity index is 366. The molecule has 2 atom stereocenters. The molecule has 0 amide bonds. The van der Waals surface area contributed by atoms with Gasteiger partial charge in [-0.15, -0.1) is 0 Å². The van der Waals surface area contributed by atoms with Gasteiger partial charge in [0, 0.05) is 5.92 Å². The van der Waals surface area contributed by atoms with Crippen LogP contribution in [0.15, 0.2) is 0 Å². The number of carbonyl (C=O) groups excluding carboxylic acids is 1. The normalized spacial score (nSPS) is 56.4. The van der Waals surface area contributed by atoms with Gasteiger partial charge in [-0.3, -0.25) is 9.59 Å². The van der Waals surface area contributed by atoms with E-state index in [0.29, 0.717) is 12.8 Å². The van der Waals surface area contributed by atoms with Crippen LogP contribution in [0.2, 0.25) is 0 Å². The van der Waals surface area contributed by atoms with Crippen LogP contribution >= 0.6 is 0 Å². The molecule has 82 valence electrons. The molecule has 2 unspecified atom stereocenters. The maximum atomic E-state index is 12.1. The molecular weight excluding hydrogens is 192 g/mol. The van der Waals surface area contributed by atoms with Crippen LogP contribution in [0.3, 0.4) is 0 Å². The van der Waals surface area contributed by atoms with Crippen LogP contribution in [0.4, 0.5) is 0 Å². The largest absolute Gasteiger partial charge is 0.480 e. The molecule has 4 bridgehead atoms. The molecule has 0 saturated heterocycles. The van der Waals surface area contributed by atoms with E-state index in [1.165, 1.54) is 0 Å². The Balaban J connectivity index is 2.17. The van der Waals surface area contributed by atoms with E-state index >= 15 is 0 Å². The van der Waals surface area contributed by atoms with E-state index in [4.69, 9.17) is 0 Å². The molecule has 4 aliphatic carbocycles. The predicted molar refractivity (Wildman–Crippen MR) is 53.2 cm³/mol. The molecule has 0 heterocycles. The van der Waals surface area contributed by atoms with Gasteiger partial charge < -0.3 is 5.11 Å². The van der Waals surface area contributed by atoms with Gasteiger partial charge in [-0.05, 0) is 36.5 Å². The first kappa shape index (κ1) is 9.37. The van der Waals surface area contributed by atoms with Crippen molar-refractivity contribution in [2.75, 3.05) is 0 Å². The summed E-state index contributed by atoms with van der Waals surface area (Å²) in [5, 5.41) is 9.33. The van der Waals surface area contributed by atoms with Crippen LogP contribution in [0.1, 0.15) is 39.5 Å². The van der Waals surface area contributed by atoms with Crippen LogP contribution in [0.5, 0.6) is 0 Å². The van der Waals surface area contributed by atoms with Crippen molar-refractivity contribution in [1.29, 1.82) is 0 Å². The molecule has 0 aromatic carbocycles. The third-order valence-corrected chi connectivity index (χ3v) is 5.49. The molecule has 0 spiro atoms. The first-order valence-electron chi connectivity index (χ1n) is 5.61. The van der Waals surface area contributed by atoms with Gasteiger partial charge in [0.05, 0.1) is 0 Å². The van der Waals surface area contributed by atoms with Gasteiger partial charge in [-0.25, -0.2) is 0 Å². The second-order valence-electron chi connectivity index (χ2n) is 6.33. The smallest absolute Gasteiger partial charge is 0.317 e. The molecule has 3 heteroatoms. The summed E-state index contributed by atoms with van der Waals surface area (Å²) in [7, 11) is 0. The van der Waals surface area contributed by atoms with E-state index < -0.39 is 11.4 Å². The lowest BCUT2D eigenvalue weighted by molar-refractivity contribution is -0.160.